The van der Waals surface area contributed by atoms with E-state index in [0.29, 0.717) is 18.5 Å². The van der Waals surface area contributed by atoms with E-state index in [0.717, 1.165) is 12.1 Å². The summed E-state index contributed by atoms with van der Waals surface area (Å²) in [6.07, 6.45) is -11.3. The van der Waals surface area contributed by atoms with Gasteiger partial charge in [0, 0.05) is 31.1 Å². The van der Waals surface area contributed by atoms with E-state index in [9.17, 15) is 31.1 Å². The topological polar surface area (TPSA) is 56.2 Å². The summed E-state index contributed by atoms with van der Waals surface area (Å²) in [5.74, 6) is -0.559. The number of carbonyl (C=O) groups excluding carboxylic acids is 1. The maximum absolute atomic E-state index is 13.8. The number of rotatable bonds is 6. The molecule has 1 heterocycles. The van der Waals surface area contributed by atoms with Gasteiger partial charge in [-0.3, -0.25) is 9.48 Å². The highest BCUT2D eigenvalue weighted by Crippen LogP contribution is 2.54. The molecular formula is C21H25F6N3O2. The molecule has 2 aromatic rings. The van der Waals surface area contributed by atoms with Crippen LogP contribution in [0.5, 0.6) is 0 Å². The van der Waals surface area contributed by atoms with E-state index >= 15 is 0 Å². The summed E-state index contributed by atoms with van der Waals surface area (Å²) in [6, 6.07) is 1.94. The van der Waals surface area contributed by atoms with Gasteiger partial charge < -0.3 is 10.1 Å². The van der Waals surface area contributed by atoms with Crippen molar-refractivity contribution < 1.29 is 35.9 Å². The van der Waals surface area contributed by atoms with Crippen LogP contribution in [0, 0.1) is 20.8 Å². The largest absolute Gasteiger partial charge is 0.430 e. The van der Waals surface area contributed by atoms with Crippen LogP contribution in [-0.4, -0.2) is 35.2 Å². The lowest BCUT2D eigenvalue weighted by Crippen LogP contribution is -2.55. The Hall–Kier alpha value is -2.56. The van der Waals surface area contributed by atoms with Crippen LogP contribution in [0.25, 0.3) is 0 Å². The second-order valence-electron chi connectivity index (χ2n) is 7.58. The van der Waals surface area contributed by atoms with Crippen LogP contribution in [-0.2, 0) is 23.8 Å². The normalized spacial score (nSPS) is 12.9. The SMILES string of the molecule is CCCc1cc(NC(=O)c2c(C)nn(C)c2C)c(C)cc1C(OC)(C(F)(F)F)C(F)(F)F. The summed E-state index contributed by atoms with van der Waals surface area (Å²) in [6.45, 7) is 6.25. The van der Waals surface area contributed by atoms with E-state index in [2.05, 4.69) is 15.2 Å². The van der Waals surface area contributed by atoms with Gasteiger partial charge in [0.15, 0.2) is 0 Å². The van der Waals surface area contributed by atoms with E-state index in [1.54, 1.807) is 27.8 Å². The van der Waals surface area contributed by atoms with Gasteiger partial charge in [0.2, 0.25) is 0 Å². The number of halogens is 6. The summed E-state index contributed by atoms with van der Waals surface area (Å²) in [5.41, 5.74) is -4.32. The standard InChI is InChI=1S/C21H25F6N3O2/c1-7-8-14-10-16(28-18(31)17-12(3)29-30(5)13(17)4)11(2)9-15(14)19(32-6,20(22,23)24)21(25,26)27/h9-10H,7-8H2,1-6H3,(H,28,31). The van der Waals surface area contributed by atoms with E-state index in [1.807, 2.05) is 0 Å². The van der Waals surface area contributed by atoms with Gasteiger partial charge in [0.1, 0.15) is 0 Å². The van der Waals surface area contributed by atoms with Gasteiger partial charge in [-0.2, -0.15) is 31.4 Å². The average molecular weight is 465 g/mol. The van der Waals surface area contributed by atoms with Crippen LogP contribution in [0.4, 0.5) is 32.0 Å². The molecule has 0 radical (unpaired) electrons. The molecule has 11 heteroatoms. The molecule has 0 aliphatic heterocycles. The number of nitrogens with zero attached hydrogens (tertiary/aromatic N) is 2. The molecular weight excluding hydrogens is 440 g/mol. The lowest BCUT2D eigenvalue weighted by Gasteiger charge is -2.38. The van der Waals surface area contributed by atoms with E-state index in [4.69, 9.17) is 0 Å². The average Bonchev–Trinajstić information content (AvgIpc) is 2.89. The summed E-state index contributed by atoms with van der Waals surface area (Å²) in [4.78, 5) is 12.8. The van der Waals surface area contributed by atoms with Crippen molar-refractivity contribution in [3.8, 4) is 0 Å². The van der Waals surface area contributed by atoms with Gasteiger partial charge >= 0.3 is 12.4 Å². The van der Waals surface area contributed by atoms with Gasteiger partial charge in [-0.15, -0.1) is 0 Å². The minimum absolute atomic E-state index is 0.0299. The Kier molecular flexibility index (Phi) is 7.04. The monoisotopic (exact) mass is 465 g/mol. The highest BCUT2D eigenvalue weighted by atomic mass is 19.4. The molecule has 2 rings (SSSR count). The Bertz CT molecular complexity index is 994. The maximum Gasteiger partial charge on any atom is 0.430 e. The smallest absolute Gasteiger partial charge is 0.357 e. The van der Waals surface area contributed by atoms with Gasteiger partial charge in [0.05, 0.1) is 11.3 Å². The fourth-order valence-electron chi connectivity index (χ4n) is 3.79. The van der Waals surface area contributed by atoms with E-state index in [-0.39, 0.29) is 35.2 Å². The third-order valence-corrected chi connectivity index (χ3v) is 5.44. The minimum Gasteiger partial charge on any atom is -0.357 e. The molecule has 0 atom stereocenters. The second-order valence-corrected chi connectivity index (χ2v) is 7.58. The highest BCUT2D eigenvalue weighted by Gasteiger charge is 2.73. The molecule has 1 amide bonds. The van der Waals surface area contributed by atoms with E-state index < -0.39 is 29.4 Å². The predicted octanol–water partition coefficient (Wildman–Crippen LogP) is 5.52. The number of ether oxygens (including phenoxy) is 1. The second kappa shape index (κ2) is 8.76. The number of nitrogens with one attached hydrogen (secondary N) is 1. The molecule has 0 bridgehead atoms. The number of aryl methyl sites for hydroxylation is 4. The van der Waals surface area contributed by atoms with Crippen LogP contribution in [0.3, 0.4) is 0 Å². The zero-order chi connectivity index (χ0) is 24.6. The molecule has 1 N–H and O–H groups in total. The van der Waals surface area contributed by atoms with Crippen LogP contribution >= 0.6 is 0 Å². The Labute approximate surface area is 181 Å². The molecule has 0 aliphatic rings. The molecule has 1 aromatic heterocycles. The summed E-state index contributed by atoms with van der Waals surface area (Å²) < 4.78 is 88.5. The van der Waals surface area contributed by atoms with Gasteiger partial charge in [-0.05, 0) is 44.4 Å². The predicted molar refractivity (Wildman–Crippen MR) is 107 cm³/mol. The van der Waals surface area contributed by atoms with Crippen molar-refractivity contribution in [2.45, 2.75) is 58.5 Å². The Morgan fingerprint density at radius 2 is 1.66 bits per heavy atom. The third kappa shape index (κ3) is 4.22. The van der Waals surface area contributed by atoms with Crippen LogP contribution in [0.2, 0.25) is 0 Å². The van der Waals surface area contributed by atoms with Crippen molar-refractivity contribution in [2.75, 3.05) is 12.4 Å². The summed E-state index contributed by atoms with van der Waals surface area (Å²) in [5, 5.41) is 6.74. The zero-order valence-corrected chi connectivity index (χ0v) is 18.5. The first-order valence-corrected chi connectivity index (χ1v) is 9.76. The number of benzene rings is 1. The lowest BCUT2D eigenvalue weighted by molar-refractivity contribution is -0.383. The summed E-state index contributed by atoms with van der Waals surface area (Å²) >= 11 is 0. The van der Waals surface area contributed by atoms with Crippen LogP contribution in [0.15, 0.2) is 12.1 Å². The van der Waals surface area contributed by atoms with E-state index in [1.165, 1.54) is 11.6 Å². The van der Waals surface area contributed by atoms with Crippen LogP contribution in [0.1, 0.15) is 51.8 Å². The van der Waals surface area contributed by atoms with Gasteiger partial charge in [-0.25, -0.2) is 0 Å². The molecule has 0 spiro atoms. The Morgan fingerprint density at radius 1 is 1.09 bits per heavy atom. The molecule has 178 valence electrons. The number of aromatic nitrogens is 2. The van der Waals surface area contributed by atoms with Crippen molar-refractivity contribution in [1.29, 1.82) is 0 Å². The molecule has 0 saturated heterocycles. The highest BCUT2D eigenvalue weighted by molar-refractivity contribution is 6.06. The number of anilines is 1. The van der Waals surface area contributed by atoms with Gasteiger partial charge in [-0.1, -0.05) is 19.4 Å². The first kappa shape index (κ1) is 25.7. The molecule has 0 fully saturated rings. The fourth-order valence-corrected chi connectivity index (χ4v) is 3.79. The number of hydrogen-bond acceptors (Lipinski definition) is 3. The first-order chi connectivity index (χ1) is 14.6. The first-order valence-electron chi connectivity index (χ1n) is 9.76. The molecule has 0 unspecified atom stereocenters. The Morgan fingerprint density at radius 3 is 2.06 bits per heavy atom. The van der Waals surface area contributed by atoms with Crippen molar-refractivity contribution >= 4 is 11.6 Å². The third-order valence-electron chi connectivity index (χ3n) is 5.44. The maximum atomic E-state index is 13.8. The summed E-state index contributed by atoms with van der Waals surface area (Å²) in [7, 11) is 2.03. The number of hydrogen-bond donors (Lipinski definition) is 1. The van der Waals surface area contributed by atoms with Crippen molar-refractivity contribution in [2.24, 2.45) is 7.05 Å². The lowest BCUT2D eigenvalue weighted by atomic mass is 9.84. The fraction of sp³-hybridized carbons (Fsp3) is 0.524. The molecule has 0 aliphatic carbocycles. The van der Waals surface area contributed by atoms with Gasteiger partial charge in [0.25, 0.3) is 11.5 Å². The number of amides is 1. The number of methoxy groups -OCH3 is 1. The Balaban J connectivity index is 2.67. The van der Waals surface area contributed by atoms with Crippen LogP contribution < -0.4 is 5.32 Å². The quantitative estimate of drug-likeness (QED) is 0.572. The minimum atomic E-state index is -5.76. The number of alkyl halides is 6. The molecule has 32 heavy (non-hydrogen) atoms. The van der Waals surface area contributed by atoms with Crippen molar-refractivity contribution in [1.82, 2.24) is 9.78 Å². The van der Waals surface area contributed by atoms with Crippen molar-refractivity contribution in [3.05, 3.63) is 45.8 Å². The molecule has 5 nitrogen and oxygen atoms in total. The van der Waals surface area contributed by atoms with Crippen molar-refractivity contribution in [3.63, 3.8) is 0 Å². The molecule has 0 saturated carbocycles. The number of carbonyl (C=O) groups is 1. The molecule has 1 aromatic carbocycles. The zero-order valence-electron chi connectivity index (χ0n) is 18.5.